The number of halogens is 1. The average molecular weight is 513 g/mol. The van der Waals surface area contributed by atoms with Crippen LogP contribution in [-0.2, 0) is 4.74 Å². The fourth-order valence-electron chi connectivity index (χ4n) is 4.19. The van der Waals surface area contributed by atoms with E-state index in [0.29, 0.717) is 23.9 Å². The van der Waals surface area contributed by atoms with Gasteiger partial charge >= 0.3 is 0 Å². The highest BCUT2D eigenvalue weighted by Gasteiger charge is 2.16. The maximum absolute atomic E-state index is 6.09. The first-order valence-electron chi connectivity index (χ1n) is 10.9. The molecule has 33 heavy (non-hydrogen) atoms. The number of H-pyrrole nitrogens is 1. The minimum Gasteiger partial charge on any atom is -0.493 e. The fraction of sp³-hybridized carbons (Fsp3) is 0.333. The molecule has 5 rings (SSSR count). The molecule has 9 heteroatoms. The van der Waals surface area contributed by atoms with Crippen LogP contribution in [0.1, 0.15) is 6.42 Å². The molecule has 1 aliphatic rings. The number of benzene rings is 2. The summed E-state index contributed by atoms with van der Waals surface area (Å²) in [5.74, 6) is 2.06. The summed E-state index contributed by atoms with van der Waals surface area (Å²) in [7, 11) is 1.65. The molecule has 0 spiro atoms. The summed E-state index contributed by atoms with van der Waals surface area (Å²) >= 11 is 3.05. The van der Waals surface area contributed by atoms with Gasteiger partial charge in [-0.15, -0.1) is 0 Å². The van der Waals surface area contributed by atoms with Gasteiger partial charge < -0.3 is 23.0 Å². The Morgan fingerprint density at radius 3 is 2.79 bits per heavy atom. The molecule has 1 aliphatic heterocycles. The maximum Gasteiger partial charge on any atom is 0.179 e. The third-order valence-electron chi connectivity index (χ3n) is 5.90. The zero-order valence-corrected chi connectivity index (χ0v) is 19.9. The summed E-state index contributed by atoms with van der Waals surface area (Å²) in [6, 6.07) is 9.71. The number of aromatic amines is 1. The van der Waals surface area contributed by atoms with E-state index in [1.165, 1.54) is 0 Å². The van der Waals surface area contributed by atoms with Gasteiger partial charge in [0.25, 0.3) is 0 Å². The predicted molar refractivity (Wildman–Crippen MR) is 130 cm³/mol. The molecule has 172 valence electrons. The average Bonchev–Trinajstić information content (AvgIpc) is 3.29. The van der Waals surface area contributed by atoms with Gasteiger partial charge in [-0.2, -0.15) is 0 Å². The van der Waals surface area contributed by atoms with Crippen molar-refractivity contribution in [2.24, 2.45) is 0 Å². The second-order valence-corrected chi connectivity index (χ2v) is 8.21. The molecular weight excluding hydrogens is 488 g/mol. The van der Waals surface area contributed by atoms with E-state index >= 15 is 0 Å². The van der Waals surface area contributed by atoms with Crippen molar-refractivity contribution in [2.45, 2.75) is 6.42 Å². The molecule has 1 saturated heterocycles. The first-order chi connectivity index (χ1) is 16.3. The second kappa shape index (κ2) is 9.94. The first-order valence-corrected chi connectivity index (χ1v) is 11.6. The Morgan fingerprint density at radius 1 is 1.09 bits per heavy atom. The minimum atomic E-state index is 0.606. The predicted octanol–water partition coefficient (Wildman–Crippen LogP) is 4.58. The van der Waals surface area contributed by atoms with Gasteiger partial charge in [0.15, 0.2) is 27.8 Å². The summed E-state index contributed by atoms with van der Waals surface area (Å²) in [5.41, 5.74) is 3.57. The molecule has 0 saturated carbocycles. The Balaban J connectivity index is 1.42. The molecule has 1 fully saturated rings. The van der Waals surface area contributed by atoms with Gasteiger partial charge in [-0.05, 0) is 30.7 Å². The van der Waals surface area contributed by atoms with Crippen molar-refractivity contribution in [2.75, 3.05) is 46.6 Å². The zero-order chi connectivity index (χ0) is 22.6. The number of fused-ring (bicyclic) bond motifs is 2. The molecule has 0 amide bonds. The topological polar surface area (TPSA) is 81.7 Å². The van der Waals surface area contributed by atoms with Crippen LogP contribution in [-0.4, -0.2) is 66.4 Å². The smallest absolute Gasteiger partial charge is 0.179 e. The number of hydrogen-bond donors (Lipinski definition) is 1. The molecule has 4 aromatic rings. The SMILES string of the molecule is COc1cc2c(-c3c[nH]c4ccc(OBr)cc34)ncnc2cc1OCCCN1CCOCC1. The molecule has 0 aliphatic carbocycles. The quantitative estimate of drug-likeness (QED) is 0.346. The largest absolute Gasteiger partial charge is 0.493 e. The van der Waals surface area contributed by atoms with E-state index < -0.39 is 0 Å². The zero-order valence-electron chi connectivity index (χ0n) is 18.3. The van der Waals surface area contributed by atoms with Gasteiger partial charge in [-0.25, -0.2) is 9.97 Å². The molecule has 0 radical (unpaired) electrons. The summed E-state index contributed by atoms with van der Waals surface area (Å²) in [4.78, 5) is 14.8. The van der Waals surface area contributed by atoms with Gasteiger partial charge in [-0.1, -0.05) is 0 Å². The van der Waals surface area contributed by atoms with Crippen LogP contribution in [0.3, 0.4) is 0 Å². The Hall–Kier alpha value is -2.88. The first kappa shape index (κ1) is 21.9. The van der Waals surface area contributed by atoms with Crippen LogP contribution in [0.25, 0.3) is 33.1 Å². The number of ether oxygens (including phenoxy) is 3. The van der Waals surface area contributed by atoms with Gasteiger partial charge in [0.2, 0.25) is 0 Å². The Kier molecular flexibility index (Phi) is 6.61. The second-order valence-electron chi connectivity index (χ2n) is 7.89. The van der Waals surface area contributed by atoms with Crippen molar-refractivity contribution in [3.05, 3.63) is 42.9 Å². The molecule has 0 atom stereocenters. The third-order valence-corrected chi connectivity index (χ3v) is 6.27. The van der Waals surface area contributed by atoms with Gasteiger partial charge in [0.05, 0.1) is 38.1 Å². The van der Waals surface area contributed by atoms with Crippen LogP contribution >= 0.6 is 16.3 Å². The monoisotopic (exact) mass is 512 g/mol. The van der Waals surface area contributed by atoms with Crippen molar-refractivity contribution < 1.29 is 18.0 Å². The molecule has 1 N–H and O–H groups in total. The highest BCUT2D eigenvalue weighted by Crippen LogP contribution is 2.38. The Labute approximate surface area is 200 Å². The normalized spacial score (nSPS) is 14.6. The fourth-order valence-corrected chi connectivity index (χ4v) is 4.39. The Morgan fingerprint density at radius 2 is 1.97 bits per heavy atom. The van der Waals surface area contributed by atoms with Crippen LogP contribution < -0.4 is 13.3 Å². The number of rotatable bonds is 8. The number of aromatic nitrogens is 3. The van der Waals surface area contributed by atoms with Crippen LogP contribution in [0.15, 0.2) is 42.9 Å². The molecule has 8 nitrogen and oxygen atoms in total. The molecule has 2 aromatic carbocycles. The highest BCUT2D eigenvalue weighted by molar-refractivity contribution is 9.06. The van der Waals surface area contributed by atoms with E-state index in [9.17, 15) is 0 Å². The number of nitrogens with zero attached hydrogens (tertiary/aromatic N) is 3. The van der Waals surface area contributed by atoms with Crippen molar-refractivity contribution in [3.8, 4) is 28.5 Å². The van der Waals surface area contributed by atoms with E-state index in [1.54, 1.807) is 13.4 Å². The molecule has 3 heterocycles. The van der Waals surface area contributed by atoms with Crippen molar-refractivity contribution in [1.29, 1.82) is 0 Å². The minimum absolute atomic E-state index is 0.606. The van der Waals surface area contributed by atoms with Crippen LogP contribution in [0, 0.1) is 0 Å². The number of morpholine rings is 1. The third kappa shape index (κ3) is 4.62. The number of methoxy groups -OCH3 is 1. The highest BCUT2D eigenvalue weighted by atomic mass is 79.9. The van der Waals surface area contributed by atoms with Crippen LogP contribution in [0.5, 0.6) is 17.2 Å². The van der Waals surface area contributed by atoms with Crippen molar-refractivity contribution in [3.63, 3.8) is 0 Å². The maximum atomic E-state index is 6.09. The van der Waals surface area contributed by atoms with E-state index in [2.05, 4.69) is 36.1 Å². The lowest BCUT2D eigenvalue weighted by Gasteiger charge is -2.26. The van der Waals surface area contributed by atoms with Crippen molar-refractivity contribution >= 4 is 38.1 Å². The van der Waals surface area contributed by atoms with Gasteiger partial charge in [0, 0.05) is 53.8 Å². The summed E-state index contributed by atoms with van der Waals surface area (Å²) in [6.07, 6.45) is 4.46. The lowest BCUT2D eigenvalue weighted by Crippen LogP contribution is -2.37. The summed E-state index contributed by atoms with van der Waals surface area (Å²) in [6.45, 7) is 5.18. The van der Waals surface area contributed by atoms with E-state index in [4.69, 9.17) is 18.0 Å². The molecule has 0 bridgehead atoms. The van der Waals surface area contributed by atoms with Gasteiger partial charge in [0.1, 0.15) is 12.1 Å². The summed E-state index contributed by atoms with van der Waals surface area (Å²) in [5, 5.41) is 1.90. The van der Waals surface area contributed by atoms with Crippen LogP contribution in [0.4, 0.5) is 0 Å². The van der Waals surface area contributed by atoms with E-state index in [1.807, 2.05) is 36.5 Å². The van der Waals surface area contributed by atoms with Gasteiger partial charge in [-0.3, -0.25) is 4.90 Å². The van der Waals surface area contributed by atoms with E-state index in [-0.39, 0.29) is 0 Å². The summed E-state index contributed by atoms with van der Waals surface area (Å²) < 4.78 is 22.4. The molecule has 0 unspecified atom stereocenters. The molecule has 2 aromatic heterocycles. The molecular formula is C24H25BrN4O4. The van der Waals surface area contributed by atoms with Crippen LogP contribution in [0.2, 0.25) is 0 Å². The van der Waals surface area contributed by atoms with E-state index in [0.717, 1.165) is 72.3 Å². The Bertz CT molecular complexity index is 1260. The lowest BCUT2D eigenvalue weighted by atomic mass is 10.0. The van der Waals surface area contributed by atoms with Crippen molar-refractivity contribution in [1.82, 2.24) is 19.9 Å². The standard InChI is InChI=1S/C24H25BrN4O4/c1-30-22-12-18-21(13-23(22)32-8-2-5-29-6-9-31-10-7-29)27-15-28-24(18)19-14-26-20-4-3-16(33-25)11-17(19)20/h3-4,11-15,26H,2,5-10H2,1H3. The lowest BCUT2D eigenvalue weighted by molar-refractivity contribution is 0.0357. The number of nitrogens with one attached hydrogen (secondary N) is 1. The number of hydrogen-bond acceptors (Lipinski definition) is 7.